The first-order chi connectivity index (χ1) is 1.41. The zero-order valence-electron chi connectivity index (χ0n) is 3.26. The third-order valence-electron chi connectivity index (χ3n) is 0. The van der Waals surface area contributed by atoms with Gasteiger partial charge in [0, 0.05) is 0 Å². The van der Waals surface area contributed by atoms with Crippen LogP contribution < -0.4 is 24.8 Å². The molecule has 0 heterocycles. The number of halogens is 2. The molecular formula is C2H6Cl2Hf. The Morgan fingerprint density at radius 3 is 1.00 bits per heavy atom. The Kier molecular flexibility index (Phi) is 57.9. The molecule has 0 aliphatic rings. The maximum absolute atomic E-state index is 2.32. The van der Waals surface area contributed by atoms with Crippen molar-refractivity contribution in [3.05, 3.63) is 0 Å². The maximum Gasteiger partial charge on any atom is -1.00 e. The molecule has 0 saturated heterocycles. The minimum atomic E-state index is 0. The fraction of sp³-hybridized carbons (Fsp3) is 1.00. The van der Waals surface area contributed by atoms with Crippen LogP contribution in [0, 0.1) is 0 Å². The van der Waals surface area contributed by atoms with Gasteiger partial charge in [-0.2, -0.15) is 0 Å². The van der Waals surface area contributed by atoms with Gasteiger partial charge in [0.25, 0.3) is 0 Å². The van der Waals surface area contributed by atoms with Crippen LogP contribution >= 0.6 is 0 Å². The van der Waals surface area contributed by atoms with Gasteiger partial charge in [-0.15, -0.1) is 0 Å². The van der Waals surface area contributed by atoms with Crippen LogP contribution in [0.5, 0.6) is 0 Å². The van der Waals surface area contributed by atoms with Crippen molar-refractivity contribution >= 4 is 0 Å². The normalized spacial score (nSPS) is 2.00. The molecule has 0 amide bonds. The van der Waals surface area contributed by atoms with Gasteiger partial charge < -0.3 is 24.8 Å². The molecule has 0 aromatic heterocycles. The molecule has 0 aliphatic carbocycles. The maximum atomic E-state index is 2.32. The molecule has 0 aliphatic heterocycles. The third kappa shape index (κ3) is 30.9. The van der Waals surface area contributed by atoms with E-state index in [9.17, 15) is 0 Å². The van der Waals surface area contributed by atoms with E-state index in [1.54, 1.807) is 0 Å². The quantitative estimate of drug-likeness (QED) is 0.390. The van der Waals surface area contributed by atoms with Gasteiger partial charge in [0.05, 0.1) is 0 Å². The van der Waals surface area contributed by atoms with E-state index < -0.39 is 0 Å². The first-order valence-electron chi connectivity index (χ1n) is 1.00. The fourth-order valence-electron chi connectivity index (χ4n) is 0. The second-order valence-electron chi connectivity index (χ2n) is 0.500. The molecule has 0 bridgehead atoms. The van der Waals surface area contributed by atoms with Crippen molar-refractivity contribution < 1.29 is 47.7 Å². The molecule has 0 radical (unpaired) electrons. The molecule has 0 fully saturated rings. The van der Waals surface area contributed by atoms with Gasteiger partial charge in [0.1, 0.15) is 0 Å². The molecule has 0 atom stereocenters. The molecule has 0 aromatic carbocycles. The Morgan fingerprint density at radius 1 is 1.00 bits per heavy atom. The minimum absolute atomic E-state index is 0. The summed E-state index contributed by atoms with van der Waals surface area (Å²) in [6, 6.07) is 0. The van der Waals surface area contributed by atoms with Crippen molar-refractivity contribution in [2.24, 2.45) is 0 Å². The zero-order chi connectivity index (χ0) is 2.71. The second kappa shape index (κ2) is 18.0. The molecule has 0 aromatic rings. The van der Waals surface area contributed by atoms with Crippen molar-refractivity contribution in [3.63, 3.8) is 0 Å². The van der Waals surface area contributed by atoms with E-state index in [1.807, 2.05) is 0 Å². The molecule has 0 N–H and O–H groups in total. The van der Waals surface area contributed by atoms with E-state index in [0.29, 0.717) is 0 Å². The van der Waals surface area contributed by atoms with Crippen LogP contribution in [0.25, 0.3) is 0 Å². The number of hydrogen-bond donors (Lipinski definition) is 0. The Bertz CT molecular complexity index is 7.61. The predicted octanol–water partition coefficient (Wildman–Crippen LogP) is -4.83. The molecule has 0 rings (SSSR count). The smallest absolute Gasteiger partial charge is 1.00 e. The summed E-state index contributed by atoms with van der Waals surface area (Å²) in [5.41, 5.74) is 0. The SMILES string of the molecule is [CH3][Hf+2][CH3].[Cl-].[Cl-]. The first-order valence-corrected chi connectivity index (χ1v) is 8.19. The van der Waals surface area contributed by atoms with E-state index in [2.05, 4.69) is 9.36 Å². The molecule has 3 heteroatoms. The van der Waals surface area contributed by atoms with Gasteiger partial charge in [-0.1, -0.05) is 0 Å². The molecular weight excluding hydrogens is 273 g/mol. The Balaban J connectivity index is -0.0000000200. The molecule has 5 heavy (non-hydrogen) atoms. The Hall–Kier alpha value is 1.45. The standard InChI is InChI=1S/2CH3.2ClH.Hf/h2*1H3;2*1H;/q;;;;+2/p-2. The van der Waals surface area contributed by atoms with Crippen molar-refractivity contribution in [2.45, 2.75) is 9.36 Å². The molecule has 0 nitrogen and oxygen atoms in total. The largest absolute Gasteiger partial charge is 1.00 e. The van der Waals surface area contributed by atoms with Gasteiger partial charge in [-0.05, 0) is 0 Å². The van der Waals surface area contributed by atoms with Crippen molar-refractivity contribution in [2.75, 3.05) is 0 Å². The third-order valence-corrected chi connectivity index (χ3v) is 0. The van der Waals surface area contributed by atoms with Gasteiger partial charge >= 0.3 is 32.3 Å². The van der Waals surface area contributed by atoms with Crippen LogP contribution in [0.15, 0.2) is 0 Å². The summed E-state index contributed by atoms with van der Waals surface area (Å²) in [7, 11) is 0. The van der Waals surface area contributed by atoms with Crippen molar-refractivity contribution in [1.82, 2.24) is 0 Å². The van der Waals surface area contributed by atoms with Crippen LogP contribution in [0.1, 0.15) is 0 Å². The van der Waals surface area contributed by atoms with Crippen LogP contribution in [0.3, 0.4) is 0 Å². The Labute approximate surface area is 56.9 Å². The average Bonchev–Trinajstić information content (AvgIpc) is 0.918. The molecule has 0 spiro atoms. The van der Waals surface area contributed by atoms with Crippen molar-refractivity contribution in [1.29, 1.82) is 0 Å². The molecule has 32 valence electrons. The summed E-state index contributed by atoms with van der Waals surface area (Å²) in [6.45, 7) is 0. The van der Waals surface area contributed by atoms with Gasteiger partial charge in [0.2, 0.25) is 0 Å². The predicted molar refractivity (Wildman–Crippen MR) is 11.7 cm³/mol. The van der Waals surface area contributed by atoms with E-state index in [1.165, 1.54) is 0 Å². The van der Waals surface area contributed by atoms with Crippen LogP contribution in [0.4, 0.5) is 0 Å². The first kappa shape index (κ1) is 16.1. The summed E-state index contributed by atoms with van der Waals surface area (Å²) < 4.78 is 4.64. The van der Waals surface area contributed by atoms with Crippen molar-refractivity contribution in [3.8, 4) is 0 Å². The monoisotopic (exact) mass is 280 g/mol. The summed E-state index contributed by atoms with van der Waals surface area (Å²) in [6.07, 6.45) is 0. The zero-order valence-corrected chi connectivity index (χ0v) is 8.36. The molecule has 0 saturated carbocycles. The second-order valence-corrected chi connectivity index (χ2v) is 4.09. The number of hydrogen-bond acceptors (Lipinski definition) is 0. The molecule has 0 unspecified atom stereocenters. The fourth-order valence-corrected chi connectivity index (χ4v) is 0. The summed E-state index contributed by atoms with van der Waals surface area (Å²) in [5, 5.41) is 0. The van der Waals surface area contributed by atoms with Gasteiger partial charge in [0.15, 0.2) is 0 Å². The number of rotatable bonds is 0. The topological polar surface area (TPSA) is 0 Å². The summed E-state index contributed by atoms with van der Waals surface area (Å²) in [4.78, 5) is 0. The Morgan fingerprint density at radius 2 is 1.00 bits per heavy atom. The van der Waals surface area contributed by atoms with Crippen LogP contribution in [-0.2, 0) is 22.9 Å². The summed E-state index contributed by atoms with van der Waals surface area (Å²) >= 11 is 0.0833. The van der Waals surface area contributed by atoms with E-state index in [0.717, 1.165) is 0 Å². The van der Waals surface area contributed by atoms with E-state index in [-0.39, 0.29) is 47.7 Å². The van der Waals surface area contributed by atoms with Crippen LogP contribution in [0.2, 0.25) is 9.36 Å². The van der Waals surface area contributed by atoms with Crippen LogP contribution in [-0.4, -0.2) is 0 Å². The van der Waals surface area contributed by atoms with Gasteiger partial charge in [-0.3, -0.25) is 0 Å². The van der Waals surface area contributed by atoms with Gasteiger partial charge in [-0.25, -0.2) is 0 Å². The summed E-state index contributed by atoms with van der Waals surface area (Å²) in [5.74, 6) is 0. The van der Waals surface area contributed by atoms with E-state index >= 15 is 0 Å². The minimum Gasteiger partial charge on any atom is -1.00 e. The van der Waals surface area contributed by atoms with E-state index in [4.69, 9.17) is 0 Å². The average molecular weight is 279 g/mol.